The van der Waals surface area contributed by atoms with Gasteiger partial charge < -0.3 is 20.1 Å². The highest BCUT2D eigenvalue weighted by molar-refractivity contribution is 7.80. The lowest BCUT2D eigenvalue weighted by atomic mass is 10.2. The summed E-state index contributed by atoms with van der Waals surface area (Å²) in [6, 6.07) is 15.8. The molecule has 0 radical (unpaired) electrons. The molecule has 0 atom stereocenters. The van der Waals surface area contributed by atoms with Gasteiger partial charge in [0.1, 0.15) is 5.75 Å². The number of alkyl halides is 2. The summed E-state index contributed by atoms with van der Waals surface area (Å²) in [6.07, 6.45) is 0. The van der Waals surface area contributed by atoms with Gasteiger partial charge in [0.2, 0.25) is 0 Å². The second kappa shape index (κ2) is 9.14. The maximum Gasteiger partial charge on any atom is 0.387 e. The maximum atomic E-state index is 12.1. The first kappa shape index (κ1) is 18.1. The summed E-state index contributed by atoms with van der Waals surface area (Å²) in [5.74, 6) is 0.0815. The van der Waals surface area contributed by atoms with Gasteiger partial charge in [0, 0.05) is 18.8 Å². The molecule has 0 aromatic heterocycles. The molecule has 0 spiro atoms. The summed E-state index contributed by atoms with van der Waals surface area (Å²) in [7, 11) is 0. The molecule has 0 saturated heterocycles. The predicted octanol–water partition coefficient (Wildman–Crippen LogP) is 3.48. The van der Waals surface area contributed by atoms with Crippen LogP contribution in [0.5, 0.6) is 5.75 Å². The lowest BCUT2D eigenvalue weighted by Gasteiger charge is -2.25. The van der Waals surface area contributed by atoms with Crippen molar-refractivity contribution in [3.8, 4) is 5.75 Å². The Bertz CT molecular complexity index is 639. The van der Waals surface area contributed by atoms with Gasteiger partial charge in [-0.25, -0.2) is 0 Å². The number of ether oxygens (including phenoxy) is 1. The molecule has 2 rings (SSSR count). The van der Waals surface area contributed by atoms with E-state index >= 15 is 0 Å². The van der Waals surface area contributed by atoms with Crippen molar-refractivity contribution in [2.24, 2.45) is 0 Å². The Morgan fingerprint density at radius 3 is 2.38 bits per heavy atom. The fraction of sp³-hybridized carbons (Fsp3) is 0.235. The Balaban J connectivity index is 1.99. The predicted molar refractivity (Wildman–Crippen MR) is 93.2 cm³/mol. The molecule has 0 amide bonds. The van der Waals surface area contributed by atoms with E-state index in [1.54, 1.807) is 12.1 Å². The molecule has 7 heteroatoms. The molecule has 4 nitrogen and oxygen atoms in total. The Hall–Kier alpha value is -2.25. The highest BCUT2D eigenvalue weighted by Crippen LogP contribution is 2.18. The highest BCUT2D eigenvalue weighted by Gasteiger charge is 2.11. The summed E-state index contributed by atoms with van der Waals surface area (Å²) in [5, 5.41) is 12.7. The third-order valence-corrected chi connectivity index (χ3v) is 3.56. The fourth-order valence-corrected chi connectivity index (χ4v) is 2.37. The smallest absolute Gasteiger partial charge is 0.387 e. The summed E-state index contributed by atoms with van der Waals surface area (Å²) in [5.41, 5.74) is 1.72. The van der Waals surface area contributed by atoms with Gasteiger partial charge in [-0.1, -0.05) is 30.3 Å². The molecule has 0 heterocycles. The zero-order chi connectivity index (χ0) is 17.4. The van der Waals surface area contributed by atoms with E-state index in [0.717, 1.165) is 5.56 Å². The molecule has 0 unspecified atom stereocenters. The average molecular weight is 352 g/mol. The first-order valence-corrected chi connectivity index (χ1v) is 7.75. The monoisotopic (exact) mass is 352 g/mol. The van der Waals surface area contributed by atoms with Crippen LogP contribution in [-0.4, -0.2) is 34.9 Å². The van der Waals surface area contributed by atoms with Crippen molar-refractivity contribution >= 4 is 23.0 Å². The minimum Gasteiger partial charge on any atom is -0.435 e. The molecular weight excluding hydrogens is 334 g/mol. The quantitative estimate of drug-likeness (QED) is 0.747. The normalized spacial score (nSPS) is 10.5. The SMILES string of the molecule is OCCN(Cc1ccccc1)C(=S)Nc1ccc(OC(F)F)cc1. The molecule has 0 bridgehead atoms. The largest absolute Gasteiger partial charge is 0.435 e. The van der Waals surface area contributed by atoms with Crippen molar-refractivity contribution < 1.29 is 18.6 Å². The second-order valence-electron chi connectivity index (χ2n) is 4.96. The highest BCUT2D eigenvalue weighted by atomic mass is 32.1. The second-order valence-corrected chi connectivity index (χ2v) is 5.35. The van der Waals surface area contributed by atoms with Crippen LogP contribution in [0.25, 0.3) is 0 Å². The average Bonchev–Trinajstić information content (AvgIpc) is 2.57. The molecule has 2 aromatic rings. The number of nitrogens with one attached hydrogen (secondary N) is 1. The zero-order valence-electron chi connectivity index (χ0n) is 12.9. The Morgan fingerprint density at radius 1 is 1.12 bits per heavy atom. The van der Waals surface area contributed by atoms with Crippen LogP contribution in [-0.2, 0) is 6.54 Å². The van der Waals surface area contributed by atoms with E-state index in [0.29, 0.717) is 23.9 Å². The summed E-state index contributed by atoms with van der Waals surface area (Å²) < 4.78 is 28.6. The molecule has 0 fully saturated rings. The van der Waals surface area contributed by atoms with Crippen molar-refractivity contribution in [2.75, 3.05) is 18.5 Å². The minimum atomic E-state index is -2.85. The van der Waals surface area contributed by atoms with Crippen LogP contribution in [0, 0.1) is 0 Å². The third-order valence-electron chi connectivity index (χ3n) is 3.20. The van der Waals surface area contributed by atoms with Crippen molar-refractivity contribution in [2.45, 2.75) is 13.2 Å². The van der Waals surface area contributed by atoms with Gasteiger partial charge in [-0.2, -0.15) is 8.78 Å². The molecule has 2 aromatic carbocycles. The standard InChI is InChI=1S/C17H18F2N2O2S/c18-16(19)23-15-8-6-14(7-9-15)20-17(24)21(10-11-22)12-13-4-2-1-3-5-13/h1-9,16,22H,10-12H2,(H,20,24). The van der Waals surface area contributed by atoms with Crippen molar-refractivity contribution in [3.05, 3.63) is 60.2 Å². The number of hydrogen-bond acceptors (Lipinski definition) is 3. The number of anilines is 1. The summed E-state index contributed by atoms with van der Waals surface area (Å²) >= 11 is 5.38. The molecule has 0 saturated carbocycles. The van der Waals surface area contributed by atoms with Crippen molar-refractivity contribution in [1.82, 2.24) is 4.90 Å². The Labute approximate surface area is 144 Å². The first-order valence-electron chi connectivity index (χ1n) is 7.34. The molecule has 2 N–H and O–H groups in total. The zero-order valence-corrected chi connectivity index (χ0v) is 13.7. The number of benzene rings is 2. The van der Waals surface area contributed by atoms with Crippen molar-refractivity contribution in [3.63, 3.8) is 0 Å². The Morgan fingerprint density at radius 2 is 1.79 bits per heavy atom. The van der Waals surface area contributed by atoms with Crippen LogP contribution in [0.15, 0.2) is 54.6 Å². The number of thiocarbonyl (C=S) groups is 1. The van der Waals surface area contributed by atoms with E-state index in [4.69, 9.17) is 12.2 Å². The maximum absolute atomic E-state index is 12.1. The fourth-order valence-electron chi connectivity index (χ4n) is 2.10. The molecule has 24 heavy (non-hydrogen) atoms. The molecule has 0 aliphatic heterocycles. The molecule has 128 valence electrons. The topological polar surface area (TPSA) is 44.7 Å². The van der Waals surface area contributed by atoms with Crippen LogP contribution >= 0.6 is 12.2 Å². The molecular formula is C17H18F2N2O2S. The lowest BCUT2D eigenvalue weighted by molar-refractivity contribution is -0.0498. The van der Waals surface area contributed by atoms with E-state index in [2.05, 4.69) is 10.1 Å². The number of nitrogens with zero attached hydrogens (tertiary/aromatic N) is 1. The van der Waals surface area contributed by atoms with E-state index in [9.17, 15) is 13.9 Å². The van der Waals surface area contributed by atoms with Crippen LogP contribution in [0.3, 0.4) is 0 Å². The van der Waals surface area contributed by atoms with Gasteiger partial charge >= 0.3 is 6.61 Å². The van der Waals surface area contributed by atoms with Crippen LogP contribution in [0.1, 0.15) is 5.56 Å². The molecule has 0 aliphatic carbocycles. The van der Waals surface area contributed by atoms with Gasteiger partial charge in [0.25, 0.3) is 0 Å². The number of aliphatic hydroxyl groups is 1. The van der Waals surface area contributed by atoms with E-state index in [-0.39, 0.29) is 12.4 Å². The van der Waals surface area contributed by atoms with Gasteiger partial charge in [-0.3, -0.25) is 0 Å². The van der Waals surface area contributed by atoms with E-state index < -0.39 is 6.61 Å². The van der Waals surface area contributed by atoms with Crippen LogP contribution < -0.4 is 10.1 Å². The number of aliphatic hydroxyl groups excluding tert-OH is 1. The minimum absolute atomic E-state index is 0.0319. The van der Waals surface area contributed by atoms with E-state index in [1.807, 2.05) is 35.2 Å². The van der Waals surface area contributed by atoms with Crippen molar-refractivity contribution in [1.29, 1.82) is 0 Å². The van der Waals surface area contributed by atoms with Gasteiger partial charge in [0.15, 0.2) is 5.11 Å². The van der Waals surface area contributed by atoms with Gasteiger partial charge in [-0.05, 0) is 42.0 Å². The lowest BCUT2D eigenvalue weighted by Crippen LogP contribution is -2.36. The molecule has 0 aliphatic rings. The van der Waals surface area contributed by atoms with Gasteiger partial charge in [-0.15, -0.1) is 0 Å². The number of halogens is 2. The number of hydrogen-bond donors (Lipinski definition) is 2. The summed E-state index contributed by atoms with van der Waals surface area (Å²) in [4.78, 5) is 1.83. The van der Waals surface area contributed by atoms with Crippen LogP contribution in [0.4, 0.5) is 14.5 Å². The number of rotatable bonds is 7. The van der Waals surface area contributed by atoms with E-state index in [1.165, 1.54) is 12.1 Å². The van der Waals surface area contributed by atoms with Gasteiger partial charge in [0.05, 0.1) is 6.61 Å². The Kier molecular flexibility index (Phi) is 6.89. The third kappa shape index (κ3) is 5.75. The first-order chi connectivity index (χ1) is 11.6. The summed E-state index contributed by atoms with van der Waals surface area (Å²) in [6.45, 7) is -1.95. The van der Waals surface area contributed by atoms with Crippen LogP contribution in [0.2, 0.25) is 0 Å².